The van der Waals surface area contributed by atoms with E-state index in [1.54, 1.807) is 0 Å². The topological polar surface area (TPSA) is 17.1 Å². The van der Waals surface area contributed by atoms with Gasteiger partial charge in [-0.2, -0.15) is 0 Å². The third-order valence-electron chi connectivity index (χ3n) is 3.87. The van der Waals surface area contributed by atoms with Crippen LogP contribution in [0, 0.1) is 5.41 Å². The molecule has 2 aromatic rings. The monoisotopic (exact) mass is 266 g/mol. The molecule has 0 aliphatic rings. The third-order valence-corrected chi connectivity index (χ3v) is 3.87. The van der Waals surface area contributed by atoms with Gasteiger partial charge in [0.25, 0.3) is 0 Å². The maximum Gasteiger partial charge on any atom is 0.139 e. The Hall–Kier alpha value is -1.89. The van der Waals surface area contributed by atoms with Crippen LogP contribution in [0.4, 0.5) is 0 Å². The van der Waals surface area contributed by atoms with Crippen LogP contribution in [0.5, 0.6) is 0 Å². The molecular formula is C19H22O. The quantitative estimate of drug-likeness (QED) is 0.754. The molecule has 0 heterocycles. The first kappa shape index (κ1) is 14.5. The molecule has 2 aromatic carbocycles. The highest BCUT2D eigenvalue weighted by Gasteiger charge is 2.31. The van der Waals surface area contributed by atoms with E-state index in [2.05, 4.69) is 31.2 Å². The summed E-state index contributed by atoms with van der Waals surface area (Å²) in [4.78, 5) is 12.4. The van der Waals surface area contributed by atoms with Crippen molar-refractivity contribution in [3.8, 4) is 0 Å². The van der Waals surface area contributed by atoms with Crippen LogP contribution in [0.2, 0.25) is 0 Å². The van der Waals surface area contributed by atoms with Crippen molar-refractivity contribution >= 4 is 5.78 Å². The number of Topliss-reactive ketones (excluding diaryl/α,β-unsaturated/α-hetero) is 1. The molecule has 0 aliphatic heterocycles. The molecule has 1 nitrogen and oxygen atoms in total. The van der Waals surface area contributed by atoms with Gasteiger partial charge in [-0.3, -0.25) is 4.79 Å². The third kappa shape index (κ3) is 3.57. The summed E-state index contributed by atoms with van der Waals surface area (Å²) in [7, 11) is 0. The summed E-state index contributed by atoms with van der Waals surface area (Å²) in [6, 6.07) is 20.6. The van der Waals surface area contributed by atoms with Crippen LogP contribution >= 0.6 is 0 Å². The smallest absolute Gasteiger partial charge is 0.139 e. The Morgan fingerprint density at radius 2 is 1.25 bits per heavy atom. The summed E-state index contributed by atoms with van der Waals surface area (Å²) in [5.74, 6) is 0.338. The van der Waals surface area contributed by atoms with Gasteiger partial charge in [0.2, 0.25) is 0 Å². The van der Waals surface area contributed by atoms with Crippen LogP contribution < -0.4 is 0 Å². The fraction of sp³-hybridized carbons (Fsp3) is 0.316. The van der Waals surface area contributed by atoms with E-state index in [4.69, 9.17) is 0 Å². The summed E-state index contributed by atoms with van der Waals surface area (Å²) in [5.41, 5.74) is 2.14. The van der Waals surface area contributed by atoms with Crippen molar-refractivity contribution in [1.29, 1.82) is 0 Å². The lowest BCUT2D eigenvalue weighted by Crippen LogP contribution is -2.32. The molecule has 0 unspecified atom stereocenters. The second kappa shape index (κ2) is 6.51. The zero-order valence-electron chi connectivity index (χ0n) is 12.3. The van der Waals surface area contributed by atoms with Crippen molar-refractivity contribution in [3.05, 3.63) is 71.8 Å². The summed E-state index contributed by atoms with van der Waals surface area (Å²) < 4.78 is 0. The Morgan fingerprint density at radius 3 is 1.60 bits per heavy atom. The Kier molecular flexibility index (Phi) is 4.73. The van der Waals surface area contributed by atoms with Crippen molar-refractivity contribution in [2.75, 3.05) is 0 Å². The molecule has 20 heavy (non-hydrogen) atoms. The molecule has 0 saturated carbocycles. The second-order valence-corrected chi connectivity index (χ2v) is 5.66. The van der Waals surface area contributed by atoms with Crippen LogP contribution in [0.3, 0.4) is 0 Å². The van der Waals surface area contributed by atoms with Crippen LogP contribution in [0.25, 0.3) is 0 Å². The number of benzene rings is 2. The van der Waals surface area contributed by atoms with Crippen LogP contribution in [-0.4, -0.2) is 5.78 Å². The molecule has 0 aliphatic carbocycles. The summed E-state index contributed by atoms with van der Waals surface area (Å²) in [6.45, 7) is 4.05. The average molecular weight is 266 g/mol. The number of carbonyl (C=O) groups is 1. The molecule has 0 bridgehead atoms. The van der Waals surface area contributed by atoms with Crippen LogP contribution in [0.15, 0.2) is 60.7 Å². The molecular weight excluding hydrogens is 244 g/mol. The van der Waals surface area contributed by atoms with E-state index >= 15 is 0 Å². The SMILES string of the molecule is CCC(=O)C(C)(Cc1ccccc1)Cc1ccccc1. The van der Waals surface area contributed by atoms with Gasteiger partial charge in [-0.05, 0) is 24.0 Å². The lowest BCUT2D eigenvalue weighted by atomic mass is 9.74. The van der Waals surface area contributed by atoms with Crippen molar-refractivity contribution < 1.29 is 4.79 Å². The highest BCUT2D eigenvalue weighted by molar-refractivity contribution is 5.84. The van der Waals surface area contributed by atoms with Crippen molar-refractivity contribution in [2.45, 2.75) is 33.1 Å². The predicted octanol–water partition coefficient (Wildman–Crippen LogP) is 4.46. The fourth-order valence-corrected chi connectivity index (χ4v) is 2.78. The molecule has 0 fully saturated rings. The van der Waals surface area contributed by atoms with Crippen molar-refractivity contribution in [3.63, 3.8) is 0 Å². The minimum absolute atomic E-state index is 0.322. The van der Waals surface area contributed by atoms with E-state index in [0.717, 1.165) is 12.8 Å². The van der Waals surface area contributed by atoms with E-state index in [9.17, 15) is 4.79 Å². The Labute approximate surface area is 121 Å². The number of carbonyl (C=O) groups excluding carboxylic acids is 1. The molecule has 0 amide bonds. The number of hydrogen-bond donors (Lipinski definition) is 0. The number of ketones is 1. The van der Waals surface area contributed by atoms with E-state index in [-0.39, 0.29) is 5.41 Å². The molecule has 0 atom stereocenters. The molecule has 0 radical (unpaired) electrons. The first-order valence-electron chi connectivity index (χ1n) is 7.25. The standard InChI is InChI=1S/C19H22O/c1-3-18(20)19(2,14-16-10-6-4-7-11-16)15-17-12-8-5-9-13-17/h4-13H,3,14-15H2,1-2H3. The number of hydrogen-bond acceptors (Lipinski definition) is 1. The maximum atomic E-state index is 12.4. The molecule has 0 N–H and O–H groups in total. The van der Waals surface area contributed by atoms with Gasteiger partial charge in [0.05, 0.1) is 0 Å². The molecule has 2 rings (SSSR count). The van der Waals surface area contributed by atoms with Gasteiger partial charge in [0, 0.05) is 11.8 Å². The minimum Gasteiger partial charge on any atom is -0.299 e. The van der Waals surface area contributed by atoms with Gasteiger partial charge in [-0.15, -0.1) is 0 Å². The maximum absolute atomic E-state index is 12.4. The normalized spacial score (nSPS) is 11.3. The van der Waals surface area contributed by atoms with Gasteiger partial charge in [-0.25, -0.2) is 0 Å². The van der Waals surface area contributed by atoms with Gasteiger partial charge < -0.3 is 0 Å². The molecule has 0 spiro atoms. The van der Waals surface area contributed by atoms with Crippen molar-refractivity contribution in [2.24, 2.45) is 5.41 Å². The van der Waals surface area contributed by atoms with Gasteiger partial charge in [0.1, 0.15) is 5.78 Å². The second-order valence-electron chi connectivity index (χ2n) is 5.66. The lowest BCUT2D eigenvalue weighted by molar-refractivity contribution is -0.127. The minimum atomic E-state index is -0.322. The first-order chi connectivity index (χ1) is 9.64. The highest BCUT2D eigenvalue weighted by atomic mass is 16.1. The largest absolute Gasteiger partial charge is 0.299 e. The Morgan fingerprint density at radius 1 is 0.850 bits per heavy atom. The predicted molar refractivity (Wildman–Crippen MR) is 83.7 cm³/mol. The molecule has 1 heteroatoms. The van der Waals surface area contributed by atoms with Crippen molar-refractivity contribution in [1.82, 2.24) is 0 Å². The average Bonchev–Trinajstić information content (AvgIpc) is 2.48. The lowest BCUT2D eigenvalue weighted by Gasteiger charge is -2.28. The molecule has 0 saturated heterocycles. The van der Waals surface area contributed by atoms with E-state index in [0.29, 0.717) is 12.2 Å². The zero-order valence-corrected chi connectivity index (χ0v) is 12.3. The fourth-order valence-electron chi connectivity index (χ4n) is 2.78. The van der Waals surface area contributed by atoms with E-state index < -0.39 is 0 Å². The highest BCUT2D eigenvalue weighted by Crippen LogP contribution is 2.29. The van der Waals surface area contributed by atoms with Crippen LogP contribution in [0.1, 0.15) is 31.4 Å². The number of rotatable bonds is 6. The zero-order chi connectivity index (χ0) is 14.4. The summed E-state index contributed by atoms with van der Waals surface area (Å²) in [5, 5.41) is 0. The van der Waals surface area contributed by atoms with E-state index in [1.807, 2.05) is 43.3 Å². The van der Waals surface area contributed by atoms with E-state index in [1.165, 1.54) is 11.1 Å². The Bertz CT molecular complexity index is 501. The van der Waals surface area contributed by atoms with Gasteiger partial charge >= 0.3 is 0 Å². The first-order valence-corrected chi connectivity index (χ1v) is 7.25. The summed E-state index contributed by atoms with van der Waals surface area (Å²) in [6.07, 6.45) is 2.20. The Balaban J connectivity index is 2.24. The van der Waals surface area contributed by atoms with Crippen LogP contribution in [-0.2, 0) is 17.6 Å². The summed E-state index contributed by atoms with van der Waals surface area (Å²) >= 11 is 0. The van der Waals surface area contributed by atoms with Gasteiger partial charge in [0.15, 0.2) is 0 Å². The molecule has 104 valence electrons. The molecule has 0 aromatic heterocycles. The van der Waals surface area contributed by atoms with Gasteiger partial charge in [-0.1, -0.05) is 74.5 Å².